The van der Waals surface area contributed by atoms with E-state index in [-0.39, 0.29) is 10.3 Å². The van der Waals surface area contributed by atoms with E-state index in [1.54, 1.807) is 6.07 Å². The minimum Gasteiger partial charge on any atom is -0.263 e. The molecule has 0 amide bonds. The van der Waals surface area contributed by atoms with Gasteiger partial charge >= 0.3 is 0 Å². The predicted molar refractivity (Wildman–Crippen MR) is 64.0 cm³/mol. The second-order valence-electron chi connectivity index (χ2n) is 3.38. The summed E-state index contributed by atoms with van der Waals surface area (Å²) in [7, 11) is -3.44. The second kappa shape index (κ2) is 6.18. The monoisotopic (exact) mass is 262 g/mol. The van der Waals surface area contributed by atoms with E-state index in [0.717, 1.165) is 6.42 Å². The highest BCUT2D eigenvalue weighted by molar-refractivity contribution is 7.89. The first-order valence-electron chi connectivity index (χ1n) is 5.10. The molecule has 90 valence electrons. The van der Waals surface area contributed by atoms with Crippen LogP contribution in [0, 0.1) is 0 Å². The molecule has 1 aromatic heterocycles. The average Bonchev–Trinajstić information content (AvgIpc) is 2.30. The first-order chi connectivity index (χ1) is 7.56. The summed E-state index contributed by atoms with van der Waals surface area (Å²) in [5, 5.41) is 0.0107. The van der Waals surface area contributed by atoms with E-state index in [4.69, 9.17) is 11.6 Å². The highest BCUT2D eigenvalue weighted by Crippen LogP contribution is 2.08. The van der Waals surface area contributed by atoms with E-state index in [2.05, 4.69) is 9.71 Å². The topological polar surface area (TPSA) is 59.1 Å². The molecule has 0 radical (unpaired) electrons. The summed E-state index contributed by atoms with van der Waals surface area (Å²) in [5.41, 5.74) is 0. The van der Waals surface area contributed by atoms with Crippen LogP contribution in [0.15, 0.2) is 29.4 Å². The molecular formula is C10H15ClN2O2S. The Morgan fingerprint density at radius 2 is 2.31 bits per heavy atom. The number of halogens is 1. The number of aromatic nitrogens is 1. The summed E-state index contributed by atoms with van der Waals surface area (Å²) in [6.07, 6.45) is 4.30. The molecule has 1 unspecified atom stereocenters. The Morgan fingerprint density at radius 1 is 1.56 bits per heavy atom. The third-order valence-electron chi connectivity index (χ3n) is 2.14. The normalized spacial score (nSPS) is 13.6. The standard InChI is InChI=1S/C10H15ClN2O2S/c1-2-9(11)5-7-13-16(14,15)10-4-3-6-12-8-10/h3-4,6,8-9,13H,2,5,7H2,1H3. The van der Waals surface area contributed by atoms with Crippen molar-refractivity contribution in [2.75, 3.05) is 6.54 Å². The van der Waals surface area contributed by atoms with Crippen LogP contribution in [0.4, 0.5) is 0 Å². The van der Waals surface area contributed by atoms with Crippen molar-refractivity contribution >= 4 is 21.6 Å². The Hall–Kier alpha value is -0.650. The van der Waals surface area contributed by atoms with Gasteiger partial charge in [-0.3, -0.25) is 4.98 Å². The number of alkyl halides is 1. The SMILES string of the molecule is CCC(Cl)CCNS(=O)(=O)c1cccnc1. The quantitative estimate of drug-likeness (QED) is 0.795. The third-order valence-corrected chi connectivity index (χ3v) is 4.11. The molecule has 1 aromatic rings. The molecule has 6 heteroatoms. The van der Waals surface area contributed by atoms with Gasteiger partial charge in [-0.1, -0.05) is 6.92 Å². The number of hydrogen-bond acceptors (Lipinski definition) is 3. The number of nitrogens with one attached hydrogen (secondary N) is 1. The summed E-state index contributed by atoms with van der Waals surface area (Å²) in [6.45, 7) is 2.31. The number of hydrogen-bond donors (Lipinski definition) is 1. The molecule has 1 atom stereocenters. The van der Waals surface area contributed by atoms with Crippen LogP contribution in [0.3, 0.4) is 0 Å². The Balaban J connectivity index is 2.54. The van der Waals surface area contributed by atoms with Crippen LogP contribution in [-0.2, 0) is 10.0 Å². The second-order valence-corrected chi connectivity index (χ2v) is 5.76. The molecule has 0 aliphatic heterocycles. The van der Waals surface area contributed by atoms with E-state index < -0.39 is 10.0 Å². The lowest BCUT2D eigenvalue weighted by Crippen LogP contribution is -2.26. The molecule has 0 saturated carbocycles. The Kier molecular flexibility index (Phi) is 5.18. The summed E-state index contributed by atoms with van der Waals surface area (Å²) in [5.74, 6) is 0. The van der Waals surface area contributed by atoms with E-state index in [0.29, 0.717) is 13.0 Å². The molecule has 0 fully saturated rings. The van der Waals surface area contributed by atoms with Crippen molar-refractivity contribution < 1.29 is 8.42 Å². The zero-order valence-corrected chi connectivity index (χ0v) is 10.6. The summed E-state index contributed by atoms with van der Waals surface area (Å²) >= 11 is 5.89. The molecule has 4 nitrogen and oxygen atoms in total. The van der Waals surface area contributed by atoms with E-state index in [9.17, 15) is 8.42 Å². The van der Waals surface area contributed by atoms with Crippen LogP contribution in [0.5, 0.6) is 0 Å². The fourth-order valence-electron chi connectivity index (χ4n) is 1.14. The van der Waals surface area contributed by atoms with Gasteiger partial charge < -0.3 is 0 Å². The fourth-order valence-corrected chi connectivity index (χ4v) is 2.26. The Morgan fingerprint density at radius 3 is 2.88 bits per heavy atom. The van der Waals surface area contributed by atoms with Gasteiger partial charge in [-0.25, -0.2) is 13.1 Å². The molecule has 0 saturated heterocycles. The highest BCUT2D eigenvalue weighted by atomic mass is 35.5. The zero-order chi connectivity index (χ0) is 12.0. The lowest BCUT2D eigenvalue weighted by atomic mass is 10.2. The van der Waals surface area contributed by atoms with Crippen molar-refractivity contribution in [3.8, 4) is 0 Å². The summed E-state index contributed by atoms with van der Waals surface area (Å²) < 4.78 is 25.9. The Labute approximate surface area is 101 Å². The van der Waals surface area contributed by atoms with Crippen LogP contribution in [-0.4, -0.2) is 25.3 Å². The molecule has 16 heavy (non-hydrogen) atoms. The number of sulfonamides is 1. The van der Waals surface area contributed by atoms with Crippen LogP contribution in [0.2, 0.25) is 0 Å². The van der Waals surface area contributed by atoms with Crippen molar-refractivity contribution in [1.29, 1.82) is 0 Å². The first kappa shape index (κ1) is 13.4. The minimum absolute atomic E-state index is 0.0107. The van der Waals surface area contributed by atoms with Gasteiger partial charge in [0.25, 0.3) is 0 Å². The number of nitrogens with zero attached hydrogens (tertiary/aromatic N) is 1. The third kappa shape index (κ3) is 4.08. The molecule has 0 aliphatic carbocycles. The van der Waals surface area contributed by atoms with Gasteiger partial charge in [0.15, 0.2) is 0 Å². The average molecular weight is 263 g/mol. The van der Waals surface area contributed by atoms with Crippen molar-refractivity contribution in [2.45, 2.75) is 30.0 Å². The summed E-state index contributed by atoms with van der Waals surface area (Å²) in [4.78, 5) is 3.94. The van der Waals surface area contributed by atoms with Crippen molar-refractivity contribution in [3.05, 3.63) is 24.5 Å². The highest BCUT2D eigenvalue weighted by Gasteiger charge is 2.13. The maximum Gasteiger partial charge on any atom is 0.242 e. The molecule has 1 N–H and O–H groups in total. The number of pyridine rings is 1. The lowest BCUT2D eigenvalue weighted by molar-refractivity contribution is 0.576. The Bertz CT molecular complexity index is 408. The van der Waals surface area contributed by atoms with Crippen molar-refractivity contribution in [2.24, 2.45) is 0 Å². The smallest absolute Gasteiger partial charge is 0.242 e. The fraction of sp³-hybridized carbons (Fsp3) is 0.500. The first-order valence-corrected chi connectivity index (χ1v) is 7.02. The van der Waals surface area contributed by atoms with Gasteiger partial charge in [-0.2, -0.15) is 0 Å². The van der Waals surface area contributed by atoms with Crippen LogP contribution < -0.4 is 4.72 Å². The van der Waals surface area contributed by atoms with Crippen molar-refractivity contribution in [3.63, 3.8) is 0 Å². The van der Waals surface area contributed by atoms with E-state index in [1.165, 1.54) is 18.5 Å². The molecular weight excluding hydrogens is 248 g/mol. The van der Waals surface area contributed by atoms with Crippen LogP contribution in [0.25, 0.3) is 0 Å². The van der Waals surface area contributed by atoms with Gasteiger partial charge in [-0.05, 0) is 25.0 Å². The van der Waals surface area contributed by atoms with Crippen LogP contribution >= 0.6 is 11.6 Å². The molecule has 0 spiro atoms. The molecule has 1 rings (SSSR count). The number of rotatable bonds is 6. The summed E-state index contributed by atoms with van der Waals surface area (Å²) in [6, 6.07) is 3.10. The van der Waals surface area contributed by atoms with Gasteiger partial charge in [0.05, 0.1) is 0 Å². The zero-order valence-electron chi connectivity index (χ0n) is 9.06. The van der Waals surface area contributed by atoms with Gasteiger partial charge in [0.2, 0.25) is 10.0 Å². The van der Waals surface area contributed by atoms with Crippen molar-refractivity contribution in [1.82, 2.24) is 9.71 Å². The maximum atomic E-state index is 11.7. The van der Waals surface area contributed by atoms with Gasteiger partial charge in [0.1, 0.15) is 4.90 Å². The largest absolute Gasteiger partial charge is 0.263 e. The van der Waals surface area contributed by atoms with E-state index in [1.807, 2.05) is 6.92 Å². The van der Waals surface area contributed by atoms with E-state index >= 15 is 0 Å². The van der Waals surface area contributed by atoms with Gasteiger partial charge in [0, 0.05) is 24.3 Å². The molecule has 0 bridgehead atoms. The minimum atomic E-state index is -3.44. The molecule has 0 aliphatic rings. The van der Waals surface area contributed by atoms with Crippen LogP contribution in [0.1, 0.15) is 19.8 Å². The lowest BCUT2D eigenvalue weighted by Gasteiger charge is -2.08. The predicted octanol–water partition coefficient (Wildman–Crippen LogP) is 1.77. The molecule has 0 aromatic carbocycles. The molecule has 1 heterocycles. The van der Waals surface area contributed by atoms with Gasteiger partial charge in [-0.15, -0.1) is 11.6 Å². The maximum absolute atomic E-state index is 11.7.